The number of nitrogen functional groups attached to an aromatic ring is 1. The van der Waals surface area contributed by atoms with Crippen LogP contribution in [0.1, 0.15) is 26.7 Å². The van der Waals surface area contributed by atoms with Crippen molar-refractivity contribution in [3.05, 3.63) is 24.3 Å². The van der Waals surface area contributed by atoms with Crippen LogP contribution in [0.4, 0.5) is 11.4 Å². The summed E-state index contributed by atoms with van der Waals surface area (Å²) in [4.78, 5) is 2.33. The van der Waals surface area contributed by atoms with Crippen LogP contribution in [0.5, 0.6) is 0 Å². The van der Waals surface area contributed by atoms with Gasteiger partial charge in [-0.3, -0.25) is 0 Å². The Labute approximate surface area is 86.7 Å². The Morgan fingerprint density at radius 2 is 1.93 bits per heavy atom. The van der Waals surface area contributed by atoms with Gasteiger partial charge >= 0.3 is 0 Å². The van der Waals surface area contributed by atoms with E-state index in [1.165, 1.54) is 18.5 Å². The number of hydrogen-bond acceptors (Lipinski definition) is 2. The maximum Gasteiger partial charge on any atom is 0.0599 e. The van der Waals surface area contributed by atoms with Crippen molar-refractivity contribution in [1.82, 2.24) is 0 Å². The molecule has 2 nitrogen and oxygen atoms in total. The van der Waals surface area contributed by atoms with E-state index in [0.29, 0.717) is 0 Å². The zero-order chi connectivity index (χ0) is 10.4. The minimum atomic E-state index is 0.880. The summed E-state index contributed by atoms with van der Waals surface area (Å²) in [6, 6.07) is 8.07. The van der Waals surface area contributed by atoms with Crippen LogP contribution in [0.25, 0.3) is 0 Å². The Hall–Kier alpha value is -1.18. The van der Waals surface area contributed by atoms with E-state index in [4.69, 9.17) is 5.73 Å². The molecule has 0 atom stereocenters. The van der Waals surface area contributed by atoms with Crippen LogP contribution < -0.4 is 10.6 Å². The molecule has 0 aromatic heterocycles. The van der Waals surface area contributed by atoms with Gasteiger partial charge in [-0.05, 0) is 25.5 Å². The number of para-hydroxylation sites is 2. The minimum absolute atomic E-state index is 0.880. The number of nitrogens with two attached hydrogens (primary N) is 1. The smallest absolute Gasteiger partial charge is 0.0599 e. The first kappa shape index (κ1) is 10.9. The van der Waals surface area contributed by atoms with Crippen LogP contribution in [-0.4, -0.2) is 13.1 Å². The molecule has 0 aliphatic rings. The SMILES string of the molecule is CCCCN(CC)c1ccccc1N. The number of anilines is 2. The summed E-state index contributed by atoms with van der Waals surface area (Å²) in [6.07, 6.45) is 2.45. The standard InChI is InChI=1S/C12H20N2/c1-3-5-10-14(4-2)12-9-7-6-8-11(12)13/h6-9H,3-5,10,13H2,1-2H3. The molecule has 0 unspecified atom stereocenters. The van der Waals surface area contributed by atoms with Gasteiger partial charge in [-0.1, -0.05) is 25.5 Å². The highest BCUT2D eigenvalue weighted by molar-refractivity contribution is 5.67. The Bertz CT molecular complexity index is 271. The molecular weight excluding hydrogens is 172 g/mol. The molecule has 0 fully saturated rings. The number of nitrogens with zero attached hydrogens (tertiary/aromatic N) is 1. The van der Waals surface area contributed by atoms with Crippen molar-refractivity contribution in [3.63, 3.8) is 0 Å². The third kappa shape index (κ3) is 2.66. The van der Waals surface area contributed by atoms with Crippen molar-refractivity contribution in [1.29, 1.82) is 0 Å². The largest absolute Gasteiger partial charge is 0.397 e. The van der Waals surface area contributed by atoms with Gasteiger partial charge in [-0.15, -0.1) is 0 Å². The fraction of sp³-hybridized carbons (Fsp3) is 0.500. The lowest BCUT2D eigenvalue weighted by Crippen LogP contribution is -2.24. The molecule has 2 N–H and O–H groups in total. The molecule has 1 aromatic carbocycles. The normalized spacial score (nSPS) is 10.1. The zero-order valence-corrected chi connectivity index (χ0v) is 9.16. The van der Waals surface area contributed by atoms with Gasteiger partial charge in [0.1, 0.15) is 0 Å². The summed E-state index contributed by atoms with van der Waals surface area (Å²) >= 11 is 0. The summed E-state index contributed by atoms with van der Waals surface area (Å²) < 4.78 is 0. The molecule has 14 heavy (non-hydrogen) atoms. The highest BCUT2D eigenvalue weighted by atomic mass is 15.1. The minimum Gasteiger partial charge on any atom is -0.397 e. The van der Waals surface area contributed by atoms with Gasteiger partial charge in [0.05, 0.1) is 11.4 Å². The van der Waals surface area contributed by atoms with E-state index >= 15 is 0 Å². The van der Waals surface area contributed by atoms with Gasteiger partial charge in [-0.2, -0.15) is 0 Å². The van der Waals surface area contributed by atoms with E-state index in [0.717, 1.165) is 18.8 Å². The Kier molecular flexibility index (Phi) is 4.30. The van der Waals surface area contributed by atoms with E-state index in [-0.39, 0.29) is 0 Å². The maximum atomic E-state index is 5.93. The third-order valence-electron chi connectivity index (χ3n) is 2.44. The predicted molar refractivity (Wildman–Crippen MR) is 63.6 cm³/mol. The van der Waals surface area contributed by atoms with Crippen LogP contribution in [-0.2, 0) is 0 Å². The fourth-order valence-corrected chi connectivity index (χ4v) is 1.57. The Morgan fingerprint density at radius 3 is 2.50 bits per heavy atom. The highest BCUT2D eigenvalue weighted by Crippen LogP contribution is 2.22. The second-order valence-corrected chi connectivity index (χ2v) is 3.49. The Balaban J connectivity index is 2.73. The molecule has 0 saturated heterocycles. The molecule has 0 amide bonds. The zero-order valence-electron chi connectivity index (χ0n) is 9.16. The summed E-state index contributed by atoms with van der Waals surface area (Å²) in [7, 11) is 0. The second kappa shape index (κ2) is 5.53. The number of hydrogen-bond donors (Lipinski definition) is 1. The molecule has 0 aliphatic carbocycles. The fourth-order valence-electron chi connectivity index (χ4n) is 1.57. The topological polar surface area (TPSA) is 29.3 Å². The number of unbranched alkanes of at least 4 members (excludes halogenated alkanes) is 1. The van der Waals surface area contributed by atoms with Crippen LogP contribution in [0.3, 0.4) is 0 Å². The van der Waals surface area contributed by atoms with Crippen molar-refractivity contribution in [2.45, 2.75) is 26.7 Å². The lowest BCUT2D eigenvalue weighted by atomic mass is 10.2. The summed E-state index contributed by atoms with van der Waals surface area (Å²) in [5.74, 6) is 0. The van der Waals surface area contributed by atoms with Gasteiger partial charge in [0, 0.05) is 13.1 Å². The highest BCUT2D eigenvalue weighted by Gasteiger charge is 2.05. The van der Waals surface area contributed by atoms with Crippen molar-refractivity contribution >= 4 is 11.4 Å². The first-order valence-electron chi connectivity index (χ1n) is 5.39. The lowest BCUT2D eigenvalue weighted by Gasteiger charge is -2.24. The molecule has 0 heterocycles. The molecule has 1 aromatic rings. The second-order valence-electron chi connectivity index (χ2n) is 3.49. The van der Waals surface area contributed by atoms with E-state index in [2.05, 4.69) is 24.8 Å². The average Bonchev–Trinajstić information content (AvgIpc) is 2.21. The van der Waals surface area contributed by atoms with Gasteiger partial charge in [0.15, 0.2) is 0 Å². The molecule has 0 radical (unpaired) electrons. The number of rotatable bonds is 5. The summed E-state index contributed by atoms with van der Waals surface area (Å²) in [5, 5.41) is 0. The van der Waals surface area contributed by atoms with Gasteiger partial charge < -0.3 is 10.6 Å². The van der Waals surface area contributed by atoms with Crippen molar-refractivity contribution in [2.24, 2.45) is 0 Å². The van der Waals surface area contributed by atoms with Crippen LogP contribution >= 0.6 is 0 Å². The third-order valence-corrected chi connectivity index (χ3v) is 2.44. The number of benzene rings is 1. The summed E-state index contributed by atoms with van der Waals surface area (Å²) in [6.45, 7) is 6.50. The lowest BCUT2D eigenvalue weighted by molar-refractivity contribution is 0.733. The molecule has 78 valence electrons. The van der Waals surface area contributed by atoms with E-state index in [9.17, 15) is 0 Å². The summed E-state index contributed by atoms with van der Waals surface area (Å²) in [5.41, 5.74) is 7.98. The molecule has 2 heteroatoms. The first-order chi connectivity index (χ1) is 6.79. The van der Waals surface area contributed by atoms with Crippen molar-refractivity contribution in [2.75, 3.05) is 23.7 Å². The van der Waals surface area contributed by atoms with Gasteiger partial charge in [-0.25, -0.2) is 0 Å². The van der Waals surface area contributed by atoms with Crippen molar-refractivity contribution < 1.29 is 0 Å². The van der Waals surface area contributed by atoms with Crippen LogP contribution in [0.2, 0.25) is 0 Å². The average molecular weight is 192 g/mol. The Morgan fingerprint density at radius 1 is 1.21 bits per heavy atom. The van der Waals surface area contributed by atoms with Gasteiger partial charge in [0.2, 0.25) is 0 Å². The predicted octanol–water partition coefficient (Wildman–Crippen LogP) is 2.90. The van der Waals surface area contributed by atoms with E-state index in [1.807, 2.05) is 18.2 Å². The molecule has 0 bridgehead atoms. The molecule has 1 rings (SSSR count). The van der Waals surface area contributed by atoms with E-state index < -0.39 is 0 Å². The first-order valence-corrected chi connectivity index (χ1v) is 5.39. The van der Waals surface area contributed by atoms with Crippen molar-refractivity contribution in [3.8, 4) is 0 Å². The molecule has 0 spiro atoms. The molecule has 0 aliphatic heterocycles. The van der Waals surface area contributed by atoms with Gasteiger partial charge in [0.25, 0.3) is 0 Å². The van der Waals surface area contributed by atoms with Crippen LogP contribution in [0, 0.1) is 0 Å². The van der Waals surface area contributed by atoms with E-state index in [1.54, 1.807) is 0 Å². The molecular formula is C12H20N2. The monoisotopic (exact) mass is 192 g/mol. The maximum absolute atomic E-state index is 5.93. The molecule has 0 saturated carbocycles. The quantitative estimate of drug-likeness (QED) is 0.727. The van der Waals surface area contributed by atoms with Crippen LogP contribution in [0.15, 0.2) is 24.3 Å².